The molecule has 0 fully saturated rings. The van der Waals surface area contributed by atoms with Gasteiger partial charge in [-0.3, -0.25) is 0 Å². The molecule has 1 aromatic carbocycles. The van der Waals surface area contributed by atoms with Gasteiger partial charge in [-0.2, -0.15) is 5.26 Å². The maximum atomic E-state index is 8.77. The maximum absolute atomic E-state index is 8.77. The van der Waals surface area contributed by atoms with Crippen molar-refractivity contribution in [3.05, 3.63) is 28.8 Å². The number of aryl methyl sites for hydroxylation is 1. The van der Waals surface area contributed by atoms with Gasteiger partial charge in [0.05, 0.1) is 11.6 Å². The molecule has 0 atom stereocenters. The molecule has 0 aliphatic carbocycles. The molecule has 0 aliphatic heterocycles. The van der Waals surface area contributed by atoms with Gasteiger partial charge < -0.3 is 5.73 Å². The van der Waals surface area contributed by atoms with Crippen LogP contribution in [0.5, 0.6) is 0 Å². The average Bonchev–Trinajstić information content (AvgIpc) is 2.09. The van der Waals surface area contributed by atoms with E-state index in [1.165, 1.54) is 0 Å². The van der Waals surface area contributed by atoms with Crippen LogP contribution in [-0.4, -0.2) is 0 Å². The van der Waals surface area contributed by atoms with Crippen molar-refractivity contribution in [2.75, 3.05) is 5.73 Å². The largest absolute Gasteiger partial charge is 0.398 e. The van der Waals surface area contributed by atoms with Gasteiger partial charge in [0, 0.05) is 5.69 Å². The standard InChI is InChI=1S/C11H14N2/c1-7(2)10-5-9(6-12)4-8(3)11(10)13/h4-5,7H,13H2,1-3H3. The highest BCUT2D eigenvalue weighted by Crippen LogP contribution is 2.25. The summed E-state index contributed by atoms with van der Waals surface area (Å²) >= 11 is 0. The second-order valence-electron chi connectivity index (χ2n) is 3.56. The Balaban J connectivity index is 3.35. The Kier molecular flexibility index (Phi) is 2.57. The highest BCUT2D eigenvalue weighted by atomic mass is 14.6. The van der Waals surface area contributed by atoms with Crippen LogP contribution in [0.1, 0.15) is 36.5 Å². The number of benzene rings is 1. The normalized spacial score (nSPS) is 10.1. The van der Waals surface area contributed by atoms with Gasteiger partial charge in [0.15, 0.2) is 0 Å². The molecule has 0 saturated heterocycles. The summed E-state index contributed by atoms with van der Waals surface area (Å²) in [6.45, 7) is 6.08. The van der Waals surface area contributed by atoms with Gasteiger partial charge in [-0.25, -0.2) is 0 Å². The number of hydrogen-bond acceptors (Lipinski definition) is 2. The second kappa shape index (κ2) is 3.49. The zero-order valence-corrected chi connectivity index (χ0v) is 8.26. The fourth-order valence-electron chi connectivity index (χ4n) is 1.37. The molecule has 0 radical (unpaired) electrons. The minimum Gasteiger partial charge on any atom is -0.398 e. The lowest BCUT2D eigenvalue weighted by molar-refractivity contribution is 0.868. The van der Waals surface area contributed by atoms with Gasteiger partial charge >= 0.3 is 0 Å². The van der Waals surface area contributed by atoms with E-state index < -0.39 is 0 Å². The van der Waals surface area contributed by atoms with Gasteiger partial charge in [0.25, 0.3) is 0 Å². The summed E-state index contributed by atoms with van der Waals surface area (Å²) < 4.78 is 0. The monoisotopic (exact) mass is 174 g/mol. The van der Waals surface area contributed by atoms with Crippen LogP contribution in [0.25, 0.3) is 0 Å². The number of nitriles is 1. The molecular formula is C11H14N2. The summed E-state index contributed by atoms with van der Waals surface area (Å²) in [5.74, 6) is 0.368. The Morgan fingerprint density at radius 1 is 1.38 bits per heavy atom. The number of rotatable bonds is 1. The van der Waals surface area contributed by atoms with E-state index in [-0.39, 0.29) is 0 Å². The molecule has 2 N–H and O–H groups in total. The predicted octanol–water partition coefficient (Wildman–Crippen LogP) is 2.57. The smallest absolute Gasteiger partial charge is 0.0991 e. The number of nitrogens with two attached hydrogens (primary N) is 1. The quantitative estimate of drug-likeness (QED) is 0.665. The van der Waals surface area contributed by atoms with Crippen LogP contribution in [0.4, 0.5) is 5.69 Å². The zero-order chi connectivity index (χ0) is 10.0. The van der Waals surface area contributed by atoms with Gasteiger partial charge in [-0.05, 0) is 36.1 Å². The Morgan fingerprint density at radius 2 is 2.00 bits per heavy atom. The van der Waals surface area contributed by atoms with E-state index in [0.717, 1.165) is 16.8 Å². The molecule has 2 heteroatoms. The van der Waals surface area contributed by atoms with Crippen molar-refractivity contribution < 1.29 is 0 Å². The fraction of sp³-hybridized carbons (Fsp3) is 0.364. The predicted molar refractivity (Wildman–Crippen MR) is 54.4 cm³/mol. The van der Waals surface area contributed by atoms with Gasteiger partial charge in [-0.1, -0.05) is 13.8 Å². The number of anilines is 1. The van der Waals surface area contributed by atoms with Gasteiger partial charge in [-0.15, -0.1) is 0 Å². The first kappa shape index (κ1) is 9.60. The van der Waals surface area contributed by atoms with Crippen LogP contribution in [0.3, 0.4) is 0 Å². The highest BCUT2D eigenvalue weighted by molar-refractivity contribution is 5.58. The van der Waals surface area contributed by atoms with E-state index >= 15 is 0 Å². The van der Waals surface area contributed by atoms with Gasteiger partial charge in [0.2, 0.25) is 0 Å². The highest BCUT2D eigenvalue weighted by Gasteiger charge is 2.07. The van der Waals surface area contributed by atoms with Crippen LogP contribution in [0.2, 0.25) is 0 Å². The molecule has 0 spiro atoms. The van der Waals surface area contributed by atoms with E-state index in [4.69, 9.17) is 11.0 Å². The van der Waals surface area contributed by atoms with Crippen LogP contribution < -0.4 is 5.73 Å². The first-order chi connectivity index (χ1) is 6.06. The first-order valence-electron chi connectivity index (χ1n) is 4.36. The summed E-state index contributed by atoms with van der Waals surface area (Å²) in [5, 5.41) is 8.77. The number of nitrogens with zero attached hydrogens (tertiary/aromatic N) is 1. The lowest BCUT2D eigenvalue weighted by Gasteiger charge is -2.11. The van der Waals surface area contributed by atoms with Crippen LogP contribution >= 0.6 is 0 Å². The maximum Gasteiger partial charge on any atom is 0.0991 e. The van der Waals surface area contributed by atoms with Crippen molar-refractivity contribution in [1.29, 1.82) is 5.26 Å². The summed E-state index contributed by atoms with van der Waals surface area (Å²) in [6, 6.07) is 5.82. The second-order valence-corrected chi connectivity index (χ2v) is 3.56. The molecule has 0 amide bonds. The minimum absolute atomic E-state index is 0.368. The third-order valence-electron chi connectivity index (χ3n) is 2.17. The van der Waals surface area contributed by atoms with E-state index in [2.05, 4.69) is 19.9 Å². The number of nitrogen functional groups attached to an aromatic ring is 1. The van der Waals surface area contributed by atoms with Crippen molar-refractivity contribution in [2.45, 2.75) is 26.7 Å². The molecule has 0 aliphatic rings. The summed E-state index contributed by atoms with van der Waals surface area (Å²) in [4.78, 5) is 0. The van der Waals surface area contributed by atoms with Crippen molar-refractivity contribution in [3.8, 4) is 6.07 Å². The number of hydrogen-bond donors (Lipinski definition) is 1. The molecule has 0 unspecified atom stereocenters. The van der Waals surface area contributed by atoms with E-state index in [1.54, 1.807) is 0 Å². The van der Waals surface area contributed by atoms with E-state index in [1.807, 2.05) is 19.1 Å². The summed E-state index contributed by atoms with van der Waals surface area (Å²) in [5.41, 5.74) is 9.46. The summed E-state index contributed by atoms with van der Waals surface area (Å²) in [6.07, 6.45) is 0. The van der Waals surface area contributed by atoms with Crippen molar-refractivity contribution in [1.82, 2.24) is 0 Å². The van der Waals surface area contributed by atoms with E-state index in [9.17, 15) is 0 Å². The molecule has 68 valence electrons. The molecule has 0 heterocycles. The zero-order valence-electron chi connectivity index (χ0n) is 8.26. The Bertz CT molecular complexity index is 359. The van der Waals surface area contributed by atoms with Crippen molar-refractivity contribution in [3.63, 3.8) is 0 Å². The van der Waals surface area contributed by atoms with Crippen molar-refractivity contribution >= 4 is 5.69 Å². The third-order valence-corrected chi connectivity index (χ3v) is 2.17. The molecule has 0 bridgehead atoms. The average molecular weight is 174 g/mol. The van der Waals surface area contributed by atoms with Crippen LogP contribution in [0.15, 0.2) is 12.1 Å². The molecule has 0 aromatic heterocycles. The molecule has 1 aromatic rings. The topological polar surface area (TPSA) is 49.8 Å². The van der Waals surface area contributed by atoms with Crippen molar-refractivity contribution in [2.24, 2.45) is 0 Å². The Hall–Kier alpha value is -1.49. The summed E-state index contributed by atoms with van der Waals surface area (Å²) in [7, 11) is 0. The molecule has 2 nitrogen and oxygen atoms in total. The SMILES string of the molecule is Cc1cc(C#N)cc(C(C)C)c1N. The van der Waals surface area contributed by atoms with Crippen LogP contribution in [0, 0.1) is 18.3 Å². The molecular weight excluding hydrogens is 160 g/mol. The molecule has 13 heavy (non-hydrogen) atoms. The van der Waals surface area contributed by atoms with Crippen LogP contribution in [-0.2, 0) is 0 Å². The van der Waals surface area contributed by atoms with Gasteiger partial charge in [0.1, 0.15) is 0 Å². The lowest BCUT2D eigenvalue weighted by atomic mass is 9.96. The minimum atomic E-state index is 0.368. The Labute approximate surface area is 79.0 Å². The molecule has 0 saturated carbocycles. The van der Waals surface area contributed by atoms with E-state index in [0.29, 0.717) is 11.5 Å². The fourth-order valence-corrected chi connectivity index (χ4v) is 1.37. The molecule has 1 rings (SSSR count). The first-order valence-corrected chi connectivity index (χ1v) is 4.36. The third kappa shape index (κ3) is 1.81. The Morgan fingerprint density at radius 3 is 2.46 bits per heavy atom. The lowest BCUT2D eigenvalue weighted by Crippen LogP contribution is -2.00.